The van der Waals surface area contributed by atoms with Gasteiger partial charge in [0, 0.05) is 66.1 Å². The summed E-state index contributed by atoms with van der Waals surface area (Å²) in [5, 5.41) is 14.2. The Labute approximate surface area is 216 Å². The fraction of sp³-hybridized carbons (Fsp3) is 0.333. The van der Waals surface area contributed by atoms with Gasteiger partial charge in [-0.2, -0.15) is 0 Å². The molecule has 0 bridgehead atoms. The third kappa shape index (κ3) is 6.10. The Balaban J connectivity index is 1.75. The number of halogens is 2. The van der Waals surface area contributed by atoms with E-state index >= 15 is 0 Å². The second-order valence-electron chi connectivity index (χ2n) is 8.69. The molecule has 0 radical (unpaired) electrons. The molecule has 13 heteroatoms. The smallest absolute Gasteiger partial charge is 0.439 e. The first-order valence-electron chi connectivity index (χ1n) is 11.4. The number of hydrogen-bond acceptors (Lipinski definition) is 7. The number of pyridine rings is 1. The van der Waals surface area contributed by atoms with E-state index in [1.165, 1.54) is 35.8 Å². The first-order valence-corrected chi connectivity index (χ1v) is 14.2. The highest BCUT2D eigenvalue weighted by atomic mass is 32.2. The van der Waals surface area contributed by atoms with E-state index in [1.807, 2.05) is 0 Å². The van der Waals surface area contributed by atoms with Gasteiger partial charge in [0.2, 0.25) is 5.92 Å². The Morgan fingerprint density at radius 2 is 2.03 bits per heavy atom. The van der Waals surface area contributed by atoms with Crippen LogP contribution in [0.1, 0.15) is 35.2 Å². The molecule has 9 nitrogen and oxygen atoms in total. The van der Waals surface area contributed by atoms with Gasteiger partial charge in [0.05, 0.1) is 15.3 Å². The number of amides is 2. The molecule has 1 atom stereocenters. The predicted molar refractivity (Wildman–Crippen MR) is 138 cm³/mol. The van der Waals surface area contributed by atoms with Gasteiger partial charge in [-0.25, -0.2) is 27.8 Å². The van der Waals surface area contributed by atoms with Crippen molar-refractivity contribution in [3.05, 3.63) is 53.2 Å². The lowest BCUT2D eigenvalue weighted by molar-refractivity contribution is -0.0102. The molecule has 37 heavy (non-hydrogen) atoms. The summed E-state index contributed by atoms with van der Waals surface area (Å²) in [4.78, 5) is 35.3. The molecule has 1 saturated heterocycles. The summed E-state index contributed by atoms with van der Waals surface area (Å²) in [6.07, 6.45) is 2.55. The van der Waals surface area contributed by atoms with Crippen LogP contribution in [0.25, 0.3) is 10.6 Å². The minimum atomic E-state index is -3.24. The third-order valence-corrected chi connectivity index (χ3v) is 8.45. The van der Waals surface area contributed by atoms with Gasteiger partial charge in [0.15, 0.2) is 0 Å². The van der Waals surface area contributed by atoms with Gasteiger partial charge in [-0.15, -0.1) is 15.7 Å². The maximum Gasteiger partial charge on any atom is 0.439 e. The standard InChI is InChI=1S/C24H25F2N5O4S2/c1-15-18(22-27-9-12-36-22)14-28-20(31-10-4-7-24(25,26)8-11-31)19(15)21(32)29-16-5-3-6-17(13-16)37(2,35)30-23(33)34/h3,5-6,9,12-14H,4,7-8,10-11H2,1-2H3,(H,29,32)(H,33,34). The first kappa shape index (κ1) is 26.6. The molecule has 1 aromatic carbocycles. The number of anilines is 2. The lowest BCUT2D eigenvalue weighted by atomic mass is 10.0. The van der Waals surface area contributed by atoms with Crippen LogP contribution in [0.2, 0.25) is 0 Å². The molecule has 4 rings (SSSR count). The summed E-state index contributed by atoms with van der Waals surface area (Å²) in [6.45, 7) is 2.12. The van der Waals surface area contributed by atoms with Crippen molar-refractivity contribution in [1.82, 2.24) is 9.97 Å². The molecule has 3 heterocycles. The van der Waals surface area contributed by atoms with E-state index < -0.39 is 27.7 Å². The summed E-state index contributed by atoms with van der Waals surface area (Å²) in [5.74, 6) is -3.02. The topological polar surface area (TPSA) is 125 Å². The summed E-state index contributed by atoms with van der Waals surface area (Å²) < 4.78 is 44.1. The molecular weight excluding hydrogens is 524 g/mol. The molecule has 1 aliphatic heterocycles. The maximum absolute atomic E-state index is 14.0. The van der Waals surface area contributed by atoms with Gasteiger partial charge in [0.1, 0.15) is 10.8 Å². The second-order valence-corrected chi connectivity index (χ2v) is 11.8. The zero-order valence-corrected chi connectivity index (χ0v) is 21.7. The number of nitrogens with one attached hydrogen (secondary N) is 1. The van der Waals surface area contributed by atoms with Gasteiger partial charge in [0.25, 0.3) is 5.91 Å². The van der Waals surface area contributed by atoms with Crippen LogP contribution in [0.3, 0.4) is 0 Å². The Bertz CT molecular complexity index is 1450. The van der Waals surface area contributed by atoms with Gasteiger partial charge in [-0.3, -0.25) is 4.79 Å². The van der Waals surface area contributed by atoms with E-state index in [4.69, 9.17) is 5.11 Å². The SMILES string of the molecule is Cc1c(-c2nccs2)cnc(N2CCCC(F)(F)CC2)c1C(=O)Nc1cccc(S(C)(=O)=NC(=O)O)c1. The van der Waals surface area contributed by atoms with E-state index in [0.717, 1.165) is 0 Å². The van der Waals surface area contributed by atoms with Crippen LogP contribution in [0.15, 0.2) is 51.3 Å². The minimum absolute atomic E-state index is 0.0421. The summed E-state index contributed by atoms with van der Waals surface area (Å²) in [7, 11) is -3.24. The maximum atomic E-state index is 14.0. The molecule has 0 saturated carbocycles. The number of aromatic nitrogens is 2. The number of carbonyl (C=O) groups is 2. The quantitative estimate of drug-likeness (QED) is 0.429. The predicted octanol–water partition coefficient (Wildman–Crippen LogP) is 5.53. The molecule has 2 N–H and O–H groups in total. The van der Waals surface area contributed by atoms with Gasteiger partial charge in [-0.1, -0.05) is 6.07 Å². The highest BCUT2D eigenvalue weighted by Crippen LogP contribution is 2.35. The monoisotopic (exact) mass is 549 g/mol. The first-order chi connectivity index (χ1) is 17.5. The van der Waals surface area contributed by atoms with Crippen molar-refractivity contribution < 1.29 is 27.7 Å². The average molecular weight is 550 g/mol. The number of carbonyl (C=O) groups excluding carboxylic acids is 1. The number of hydrogen-bond donors (Lipinski definition) is 2. The van der Waals surface area contributed by atoms with E-state index in [-0.39, 0.29) is 42.0 Å². The lowest BCUT2D eigenvalue weighted by Gasteiger charge is -2.25. The van der Waals surface area contributed by atoms with Crippen molar-refractivity contribution in [2.75, 3.05) is 29.6 Å². The van der Waals surface area contributed by atoms with Crippen LogP contribution < -0.4 is 10.2 Å². The molecule has 1 aliphatic rings. The molecule has 0 spiro atoms. The normalized spacial score (nSPS) is 16.9. The molecule has 196 valence electrons. The molecular formula is C24H25F2N5O4S2. The lowest BCUT2D eigenvalue weighted by Crippen LogP contribution is -2.30. The van der Waals surface area contributed by atoms with Crippen molar-refractivity contribution in [3.63, 3.8) is 0 Å². The van der Waals surface area contributed by atoms with Crippen LogP contribution in [0, 0.1) is 6.92 Å². The molecule has 2 aromatic heterocycles. The molecule has 2 amide bonds. The fourth-order valence-corrected chi connectivity index (χ4v) is 5.94. The van der Waals surface area contributed by atoms with Crippen molar-refractivity contribution in [3.8, 4) is 10.6 Å². The van der Waals surface area contributed by atoms with Crippen LogP contribution >= 0.6 is 11.3 Å². The van der Waals surface area contributed by atoms with Gasteiger partial charge >= 0.3 is 6.09 Å². The minimum Gasteiger partial charge on any atom is -0.463 e. The molecule has 0 aliphatic carbocycles. The summed E-state index contributed by atoms with van der Waals surface area (Å²) >= 11 is 1.38. The van der Waals surface area contributed by atoms with Crippen LogP contribution in [-0.2, 0) is 9.73 Å². The Morgan fingerprint density at radius 3 is 2.73 bits per heavy atom. The highest BCUT2D eigenvalue weighted by Gasteiger charge is 2.33. The zero-order valence-electron chi connectivity index (χ0n) is 20.1. The van der Waals surface area contributed by atoms with Crippen molar-refractivity contribution in [1.29, 1.82) is 0 Å². The van der Waals surface area contributed by atoms with E-state index in [9.17, 15) is 22.6 Å². The largest absolute Gasteiger partial charge is 0.463 e. The van der Waals surface area contributed by atoms with Crippen molar-refractivity contribution in [2.45, 2.75) is 37.0 Å². The zero-order chi connectivity index (χ0) is 26.8. The molecule has 1 unspecified atom stereocenters. The Kier molecular flexibility index (Phi) is 7.55. The second kappa shape index (κ2) is 10.5. The number of benzene rings is 1. The molecule has 3 aromatic rings. The number of rotatable bonds is 5. The Morgan fingerprint density at radius 1 is 1.24 bits per heavy atom. The van der Waals surface area contributed by atoms with E-state index in [2.05, 4.69) is 19.6 Å². The van der Waals surface area contributed by atoms with Crippen molar-refractivity contribution >= 4 is 44.6 Å². The van der Waals surface area contributed by atoms with Gasteiger partial charge < -0.3 is 15.3 Å². The summed E-state index contributed by atoms with van der Waals surface area (Å²) in [6, 6.07) is 5.95. The number of nitrogens with zero attached hydrogens (tertiary/aromatic N) is 4. The van der Waals surface area contributed by atoms with Crippen molar-refractivity contribution in [2.24, 2.45) is 4.36 Å². The Hall–Kier alpha value is -3.45. The summed E-state index contributed by atoms with van der Waals surface area (Å²) in [5.41, 5.74) is 1.72. The third-order valence-electron chi connectivity index (χ3n) is 6.01. The van der Waals surface area contributed by atoms with Crippen LogP contribution in [0.4, 0.5) is 25.1 Å². The number of thiazole rings is 1. The number of carboxylic acid groups (broad SMARTS) is 1. The average Bonchev–Trinajstić information content (AvgIpc) is 3.28. The molecule has 1 fully saturated rings. The highest BCUT2D eigenvalue weighted by molar-refractivity contribution is 7.93. The van der Waals surface area contributed by atoms with Crippen LogP contribution in [0.5, 0.6) is 0 Å². The van der Waals surface area contributed by atoms with Crippen LogP contribution in [-0.4, -0.2) is 56.6 Å². The fourth-order valence-electron chi connectivity index (χ4n) is 4.15. The van der Waals surface area contributed by atoms with Gasteiger partial charge in [-0.05, 0) is 37.1 Å². The number of alkyl halides is 2. The van der Waals surface area contributed by atoms with E-state index in [1.54, 1.807) is 35.7 Å². The van der Waals surface area contributed by atoms with E-state index in [0.29, 0.717) is 28.5 Å².